The molecule has 0 saturated carbocycles. The summed E-state index contributed by atoms with van der Waals surface area (Å²) >= 11 is 2.03. The monoisotopic (exact) mass is 160 g/mol. The molecule has 1 heterocycles. The van der Waals surface area contributed by atoms with Gasteiger partial charge in [0.2, 0.25) is 0 Å². The molecule has 10 heavy (non-hydrogen) atoms. The largest absolute Gasteiger partial charge is 0.329 e. The lowest BCUT2D eigenvalue weighted by atomic mass is 10.2. The second kappa shape index (κ2) is 4.21. The first-order chi connectivity index (χ1) is 4.83. The van der Waals surface area contributed by atoms with Gasteiger partial charge in [-0.25, -0.2) is 0 Å². The van der Waals surface area contributed by atoms with Crippen molar-refractivity contribution in [1.29, 1.82) is 0 Å². The summed E-state index contributed by atoms with van der Waals surface area (Å²) in [5.74, 6) is 2.58. The van der Waals surface area contributed by atoms with Gasteiger partial charge in [-0.15, -0.1) is 0 Å². The molecule has 1 rings (SSSR count). The van der Waals surface area contributed by atoms with Gasteiger partial charge < -0.3 is 11.1 Å². The van der Waals surface area contributed by atoms with E-state index in [0.717, 1.165) is 12.6 Å². The molecule has 0 aromatic carbocycles. The molecule has 1 aliphatic heterocycles. The lowest BCUT2D eigenvalue weighted by molar-refractivity contribution is 0.478. The first-order valence-electron chi connectivity index (χ1n) is 3.87. The Balaban J connectivity index is 2.11. The zero-order valence-corrected chi connectivity index (χ0v) is 7.29. The van der Waals surface area contributed by atoms with E-state index in [4.69, 9.17) is 5.73 Å². The summed E-state index contributed by atoms with van der Waals surface area (Å²) in [4.78, 5) is 0. The van der Waals surface area contributed by atoms with E-state index >= 15 is 0 Å². The molecule has 3 N–H and O–H groups in total. The fraction of sp³-hybridized carbons (Fsp3) is 1.00. The molecule has 3 heteroatoms. The molecule has 0 radical (unpaired) electrons. The predicted octanol–water partition coefficient (Wildman–Crippen LogP) is 0.429. The predicted molar refractivity (Wildman–Crippen MR) is 47.4 cm³/mol. The smallest absolute Gasteiger partial charge is 0.0169 e. The number of nitrogens with one attached hydrogen (secondary N) is 1. The molecule has 1 saturated heterocycles. The molecule has 2 unspecified atom stereocenters. The van der Waals surface area contributed by atoms with E-state index in [-0.39, 0.29) is 0 Å². The van der Waals surface area contributed by atoms with Crippen molar-refractivity contribution in [3.05, 3.63) is 0 Å². The van der Waals surface area contributed by atoms with Gasteiger partial charge in [-0.05, 0) is 19.1 Å². The quantitative estimate of drug-likeness (QED) is 0.629. The van der Waals surface area contributed by atoms with Crippen LogP contribution in [0.3, 0.4) is 0 Å². The first kappa shape index (κ1) is 8.37. The topological polar surface area (TPSA) is 38.0 Å². The normalized spacial score (nSPS) is 28.8. The minimum absolute atomic E-state index is 0.490. The molecule has 0 aromatic heterocycles. The molecule has 0 aromatic rings. The van der Waals surface area contributed by atoms with Crippen molar-refractivity contribution in [1.82, 2.24) is 5.32 Å². The first-order valence-corrected chi connectivity index (χ1v) is 5.02. The Morgan fingerprint density at radius 1 is 1.80 bits per heavy atom. The molecule has 2 atom stereocenters. The average Bonchev–Trinajstić information content (AvgIpc) is 2.40. The molecule has 0 bridgehead atoms. The Bertz CT molecular complexity index is 91.6. The van der Waals surface area contributed by atoms with E-state index in [9.17, 15) is 0 Å². The maximum atomic E-state index is 5.48. The van der Waals surface area contributed by atoms with Crippen LogP contribution in [0.25, 0.3) is 0 Å². The zero-order valence-electron chi connectivity index (χ0n) is 6.47. The van der Waals surface area contributed by atoms with Crippen LogP contribution >= 0.6 is 11.8 Å². The summed E-state index contributed by atoms with van der Waals surface area (Å²) in [5, 5.41) is 3.48. The van der Waals surface area contributed by atoms with Gasteiger partial charge in [0.05, 0.1) is 0 Å². The SMILES string of the molecule is CC(CN)NC1CCSC1. The van der Waals surface area contributed by atoms with Crippen LogP contribution in [0.1, 0.15) is 13.3 Å². The summed E-state index contributed by atoms with van der Waals surface area (Å²) in [7, 11) is 0. The van der Waals surface area contributed by atoms with Crippen molar-refractivity contribution >= 4 is 11.8 Å². The minimum atomic E-state index is 0.490. The van der Waals surface area contributed by atoms with Crippen molar-refractivity contribution < 1.29 is 0 Å². The highest BCUT2D eigenvalue weighted by Crippen LogP contribution is 2.17. The van der Waals surface area contributed by atoms with Crippen LogP contribution in [-0.2, 0) is 0 Å². The molecule has 0 amide bonds. The third-order valence-corrected chi connectivity index (χ3v) is 2.97. The summed E-state index contributed by atoms with van der Waals surface area (Å²) in [5.41, 5.74) is 5.48. The van der Waals surface area contributed by atoms with Crippen LogP contribution in [0, 0.1) is 0 Å². The number of thioether (sulfide) groups is 1. The van der Waals surface area contributed by atoms with Gasteiger partial charge in [-0.1, -0.05) is 0 Å². The van der Waals surface area contributed by atoms with Gasteiger partial charge in [0.1, 0.15) is 0 Å². The molecular weight excluding hydrogens is 144 g/mol. The fourth-order valence-corrected chi connectivity index (χ4v) is 2.30. The van der Waals surface area contributed by atoms with E-state index in [0.29, 0.717) is 6.04 Å². The van der Waals surface area contributed by atoms with Crippen LogP contribution in [0.2, 0.25) is 0 Å². The van der Waals surface area contributed by atoms with E-state index in [1.54, 1.807) is 0 Å². The Morgan fingerprint density at radius 3 is 3.10 bits per heavy atom. The molecule has 1 aliphatic rings. The fourth-order valence-electron chi connectivity index (χ4n) is 1.14. The van der Waals surface area contributed by atoms with Crippen molar-refractivity contribution in [2.75, 3.05) is 18.1 Å². The third-order valence-electron chi connectivity index (χ3n) is 1.80. The maximum absolute atomic E-state index is 5.48. The number of hydrogen-bond donors (Lipinski definition) is 2. The van der Waals surface area contributed by atoms with Crippen LogP contribution in [0.4, 0.5) is 0 Å². The van der Waals surface area contributed by atoms with Gasteiger partial charge in [0, 0.05) is 24.4 Å². The Hall–Kier alpha value is 0.270. The highest BCUT2D eigenvalue weighted by molar-refractivity contribution is 7.99. The summed E-state index contributed by atoms with van der Waals surface area (Å²) < 4.78 is 0. The maximum Gasteiger partial charge on any atom is 0.0169 e. The number of nitrogens with two attached hydrogens (primary N) is 1. The Morgan fingerprint density at radius 2 is 2.60 bits per heavy atom. The summed E-state index contributed by atoms with van der Waals surface area (Å²) in [6, 6.07) is 1.22. The molecule has 1 fully saturated rings. The van der Waals surface area contributed by atoms with Crippen LogP contribution in [0.15, 0.2) is 0 Å². The molecular formula is C7H16N2S. The average molecular weight is 160 g/mol. The highest BCUT2D eigenvalue weighted by Gasteiger charge is 2.15. The van der Waals surface area contributed by atoms with Crippen LogP contribution in [-0.4, -0.2) is 30.1 Å². The zero-order chi connectivity index (χ0) is 7.40. The molecule has 60 valence electrons. The van der Waals surface area contributed by atoms with Crippen molar-refractivity contribution in [2.45, 2.75) is 25.4 Å². The van der Waals surface area contributed by atoms with Crippen molar-refractivity contribution in [2.24, 2.45) is 5.73 Å². The van der Waals surface area contributed by atoms with Crippen molar-refractivity contribution in [3.8, 4) is 0 Å². The van der Waals surface area contributed by atoms with Crippen LogP contribution < -0.4 is 11.1 Å². The van der Waals surface area contributed by atoms with E-state index in [1.165, 1.54) is 17.9 Å². The van der Waals surface area contributed by atoms with Gasteiger partial charge in [-0.2, -0.15) is 11.8 Å². The third kappa shape index (κ3) is 2.48. The standard InChI is InChI=1S/C7H16N2S/c1-6(4-8)9-7-2-3-10-5-7/h6-7,9H,2-5,8H2,1H3. The number of rotatable bonds is 3. The number of hydrogen-bond acceptors (Lipinski definition) is 3. The van der Waals surface area contributed by atoms with Gasteiger partial charge in [0.15, 0.2) is 0 Å². The molecule has 0 aliphatic carbocycles. The molecule has 2 nitrogen and oxygen atoms in total. The van der Waals surface area contributed by atoms with Gasteiger partial charge in [0.25, 0.3) is 0 Å². The van der Waals surface area contributed by atoms with Gasteiger partial charge in [-0.3, -0.25) is 0 Å². The minimum Gasteiger partial charge on any atom is -0.329 e. The lowest BCUT2D eigenvalue weighted by Crippen LogP contribution is -2.40. The van der Waals surface area contributed by atoms with Crippen molar-refractivity contribution in [3.63, 3.8) is 0 Å². The Labute approximate surface area is 66.9 Å². The van der Waals surface area contributed by atoms with Gasteiger partial charge >= 0.3 is 0 Å². The Kier molecular flexibility index (Phi) is 3.52. The molecule has 0 spiro atoms. The van der Waals surface area contributed by atoms with Crippen LogP contribution in [0.5, 0.6) is 0 Å². The summed E-state index contributed by atoms with van der Waals surface area (Å²) in [6.45, 7) is 2.89. The summed E-state index contributed by atoms with van der Waals surface area (Å²) in [6.07, 6.45) is 1.31. The highest BCUT2D eigenvalue weighted by atomic mass is 32.2. The second-order valence-electron chi connectivity index (χ2n) is 2.86. The van der Waals surface area contributed by atoms with E-state index in [2.05, 4.69) is 12.2 Å². The van der Waals surface area contributed by atoms with E-state index in [1.807, 2.05) is 11.8 Å². The lowest BCUT2D eigenvalue weighted by Gasteiger charge is -2.16. The van der Waals surface area contributed by atoms with E-state index < -0.39 is 0 Å². The second-order valence-corrected chi connectivity index (χ2v) is 4.01.